The largest absolute Gasteiger partial charge is 0.453 e. The summed E-state index contributed by atoms with van der Waals surface area (Å²) in [6, 6.07) is 16.5. The van der Waals surface area contributed by atoms with E-state index in [9.17, 15) is 19.2 Å². The summed E-state index contributed by atoms with van der Waals surface area (Å²) in [6.45, 7) is 2.04. The molecule has 7 nitrogen and oxygen atoms in total. The Balaban J connectivity index is 1.49. The molecule has 0 saturated carbocycles. The van der Waals surface area contributed by atoms with Crippen LogP contribution in [0.3, 0.4) is 0 Å². The van der Waals surface area contributed by atoms with Crippen molar-refractivity contribution >= 4 is 23.7 Å². The van der Waals surface area contributed by atoms with Crippen molar-refractivity contribution in [1.82, 2.24) is 10.2 Å². The van der Waals surface area contributed by atoms with Crippen LogP contribution >= 0.6 is 0 Å². The number of nitrogens with zero attached hydrogens (tertiary/aromatic N) is 1. The van der Waals surface area contributed by atoms with Gasteiger partial charge >= 0.3 is 12.0 Å². The SMILES string of the molecule is C[C@H](OC(=O)CCC(=O)c1ccc(-c2ccccc2)cc1)C(=O)N1CCNC1=O. The molecule has 3 rings (SSSR count). The van der Waals surface area contributed by atoms with Crippen molar-refractivity contribution in [3.63, 3.8) is 0 Å². The van der Waals surface area contributed by atoms with Crippen molar-refractivity contribution in [2.24, 2.45) is 0 Å². The van der Waals surface area contributed by atoms with Crippen LogP contribution in [0.1, 0.15) is 30.1 Å². The molecule has 1 aliphatic heterocycles. The van der Waals surface area contributed by atoms with E-state index in [-0.39, 0.29) is 25.2 Å². The standard InChI is InChI=1S/C22H22N2O5/c1-15(21(27)24-14-13-23-22(24)28)29-20(26)12-11-19(25)18-9-7-17(8-10-18)16-5-3-2-4-6-16/h2-10,15H,11-14H2,1H3,(H,23,28)/t15-/m0/s1. The minimum atomic E-state index is -1.08. The number of ether oxygens (including phenoxy) is 1. The third-order valence-corrected chi connectivity index (χ3v) is 4.65. The minimum Gasteiger partial charge on any atom is -0.453 e. The van der Waals surface area contributed by atoms with Crippen molar-refractivity contribution in [3.05, 3.63) is 60.2 Å². The van der Waals surface area contributed by atoms with Crippen LogP contribution in [0.4, 0.5) is 4.79 Å². The van der Waals surface area contributed by atoms with Gasteiger partial charge in [0.2, 0.25) is 0 Å². The van der Waals surface area contributed by atoms with Gasteiger partial charge in [0.05, 0.1) is 6.42 Å². The van der Waals surface area contributed by atoms with Crippen molar-refractivity contribution in [2.45, 2.75) is 25.9 Å². The van der Waals surface area contributed by atoms with Crippen LogP contribution in [-0.4, -0.2) is 47.8 Å². The zero-order valence-corrected chi connectivity index (χ0v) is 16.1. The van der Waals surface area contributed by atoms with E-state index in [1.807, 2.05) is 42.5 Å². The van der Waals surface area contributed by atoms with Crippen LogP contribution in [0.2, 0.25) is 0 Å². The van der Waals surface area contributed by atoms with Crippen molar-refractivity contribution in [3.8, 4) is 11.1 Å². The van der Waals surface area contributed by atoms with Crippen LogP contribution in [0.5, 0.6) is 0 Å². The van der Waals surface area contributed by atoms with E-state index in [1.54, 1.807) is 12.1 Å². The summed E-state index contributed by atoms with van der Waals surface area (Å²) in [5.74, 6) is -1.41. The first-order valence-electron chi connectivity index (χ1n) is 9.43. The van der Waals surface area contributed by atoms with Gasteiger partial charge in [0, 0.05) is 25.1 Å². The van der Waals surface area contributed by atoms with Crippen LogP contribution in [-0.2, 0) is 14.3 Å². The van der Waals surface area contributed by atoms with E-state index >= 15 is 0 Å². The predicted molar refractivity (Wildman–Crippen MR) is 106 cm³/mol. The Bertz CT molecular complexity index is 909. The Kier molecular flexibility index (Phi) is 6.39. The summed E-state index contributed by atoms with van der Waals surface area (Å²) in [7, 11) is 0. The topological polar surface area (TPSA) is 92.8 Å². The number of esters is 1. The molecule has 1 aliphatic rings. The Morgan fingerprint density at radius 2 is 1.66 bits per heavy atom. The maximum Gasteiger partial charge on any atom is 0.324 e. The quantitative estimate of drug-likeness (QED) is 0.576. The summed E-state index contributed by atoms with van der Waals surface area (Å²) >= 11 is 0. The van der Waals surface area contributed by atoms with Crippen LogP contribution in [0, 0.1) is 0 Å². The van der Waals surface area contributed by atoms with Gasteiger partial charge < -0.3 is 10.1 Å². The molecule has 1 atom stereocenters. The number of hydrogen-bond donors (Lipinski definition) is 1. The summed E-state index contributed by atoms with van der Waals surface area (Å²) < 4.78 is 5.07. The molecule has 0 radical (unpaired) electrons. The molecule has 0 spiro atoms. The van der Waals surface area contributed by atoms with Gasteiger partial charge in [-0.2, -0.15) is 0 Å². The van der Waals surface area contributed by atoms with Crippen molar-refractivity contribution in [1.29, 1.82) is 0 Å². The number of amides is 3. The van der Waals surface area contributed by atoms with Crippen molar-refractivity contribution < 1.29 is 23.9 Å². The lowest BCUT2D eigenvalue weighted by molar-refractivity contribution is -0.157. The summed E-state index contributed by atoms with van der Waals surface area (Å²) in [5, 5.41) is 2.51. The first kappa shape index (κ1) is 20.3. The molecular formula is C22H22N2O5. The third-order valence-electron chi connectivity index (χ3n) is 4.65. The van der Waals surface area contributed by atoms with Crippen molar-refractivity contribution in [2.75, 3.05) is 13.1 Å². The number of Topliss-reactive ketones (excluding diaryl/α,β-unsaturated/α-hetero) is 1. The Morgan fingerprint density at radius 1 is 1.00 bits per heavy atom. The number of carbonyl (C=O) groups excluding carboxylic acids is 4. The molecule has 2 aromatic rings. The summed E-state index contributed by atoms with van der Waals surface area (Å²) in [5.41, 5.74) is 2.57. The van der Waals surface area contributed by atoms with E-state index < -0.39 is 24.0 Å². The minimum absolute atomic E-state index is 0.0192. The average Bonchev–Trinajstić information content (AvgIpc) is 3.18. The molecule has 0 aromatic heterocycles. The van der Waals surface area contributed by atoms with E-state index in [1.165, 1.54) is 6.92 Å². The van der Waals surface area contributed by atoms with Gasteiger partial charge in [-0.3, -0.25) is 19.3 Å². The molecule has 1 heterocycles. The molecule has 2 aromatic carbocycles. The Labute approximate surface area is 168 Å². The number of rotatable bonds is 7. The fourth-order valence-electron chi connectivity index (χ4n) is 3.05. The molecule has 3 amide bonds. The molecule has 0 unspecified atom stereocenters. The zero-order chi connectivity index (χ0) is 20.8. The molecule has 29 heavy (non-hydrogen) atoms. The van der Waals surface area contributed by atoms with E-state index in [0.717, 1.165) is 16.0 Å². The van der Waals surface area contributed by atoms with E-state index in [0.29, 0.717) is 12.1 Å². The monoisotopic (exact) mass is 394 g/mol. The fourth-order valence-corrected chi connectivity index (χ4v) is 3.05. The van der Waals surface area contributed by atoms with Gasteiger partial charge in [0.15, 0.2) is 11.9 Å². The van der Waals surface area contributed by atoms with Gasteiger partial charge in [-0.15, -0.1) is 0 Å². The highest BCUT2D eigenvalue weighted by molar-refractivity contribution is 5.99. The Hall–Kier alpha value is -3.48. The second-order valence-corrected chi connectivity index (χ2v) is 6.72. The lowest BCUT2D eigenvalue weighted by Gasteiger charge is -2.18. The summed E-state index contributed by atoms with van der Waals surface area (Å²) in [6.07, 6.45) is -1.23. The fraction of sp³-hybridized carbons (Fsp3) is 0.273. The molecule has 0 aliphatic carbocycles. The second-order valence-electron chi connectivity index (χ2n) is 6.72. The number of ketones is 1. The molecule has 150 valence electrons. The van der Waals surface area contributed by atoms with Gasteiger partial charge in [0.25, 0.3) is 5.91 Å². The number of urea groups is 1. The normalized spacial score (nSPS) is 14.2. The highest BCUT2D eigenvalue weighted by Crippen LogP contribution is 2.20. The van der Waals surface area contributed by atoms with Crippen LogP contribution < -0.4 is 5.32 Å². The highest BCUT2D eigenvalue weighted by atomic mass is 16.5. The number of benzene rings is 2. The molecule has 7 heteroatoms. The van der Waals surface area contributed by atoms with Gasteiger partial charge in [-0.25, -0.2) is 4.79 Å². The van der Waals surface area contributed by atoms with E-state index in [2.05, 4.69) is 5.32 Å². The maximum atomic E-state index is 12.3. The lowest BCUT2D eigenvalue weighted by atomic mass is 10.0. The molecule has 1 N–H and O–H groups in total. The smallest absolute Gasteiger partial charge is 0.324 e. The highest BCUT2D eigenvalue weighted by Gasteiger charge is 2.31. The second kappa shape index (κ2) is 9.14. The first-order valence-corrected chi connectivity index (χ1v) is 9.43. The predicted octanol–water partition coefficient (Wildman–Crippen LogP) is 2.80. The van der Waals surface area contributed by atoms with Gasteiger partial charge in [0.1, 0.15) is 0 Å². The van der Waals surface area contributed by atoms with Gasteiger partial charge in [-0.05, 0) is 18.1 Å². The summed E-state index contributed by atoms with van der Waals surface area (Å²) in [4.78, 5) is 48.9. The average molecular weight is 394 g/mol. The molecular weight excluding hydrogens is 372 g/mol. The van der Waals surface area contributed by atoms with Gasteiger partial charge in [-0.1, -0.05) is 54.6 Å². The Morgan fingerprint density at radius 3 is 2.28 bits per heavy atom. The number of hydrogen-bond acceptors (Lipinski definition) is 5. The number of carbonyl (C=O) groups is 4. The zero-order valence-electron chi connectivity index (χ0n) is 16.1. The molecule has 1 saturated heterocycles. The van der Waals surface area contributed by atoms with Crippen LogP contribution in [0.25, 0.3) is 11.1 Å². The first-order chi connectivity index (χ1) is 14.0. The van der Waals surface area contributed by atoms with E-state index in [4.69, 9.17) is 4.74 Å². The molecule has 1 fully saturated rings. The number of nitrogens with one attached hydrogen (secondary N) is 1. The number of imide groups is 1. The molecule has 0 bridgehead atoms. The third kappa shape index (κ3) is 5.07. The lowest BCUT2D eigenvalue weighted by Crippen LogP contribution is -2.41. The maximum absolute atomic E-state index is 12.3. The van der Waals surface area contributed by atoms with Crippen LogP contribution in [0.15, 0.2) is 54.6 Å².